The minimum absolute atomic E-state index is 0.239. The fraction of sp³-hybridized carbons (Fsp3) is 0.438. The number of nitrogens with zero attached hydrogens (tertiary/aromatic N) is 2. The molecule has 0 saturated carbocycles. The number of halogens is 1. The lowest BCUT2D eigenvalue weighted by molar-refractivity contribution is 0.0940. The molecule has 0 radical (unpaired) electrons. The van der Waals surface area contributed by atoms with Crippen LogP contribution in [-0.4, -0.2) is 22.5 Å². The van der Waals surface area contributed by atoms with E-state index in [0.29, 0.717) is 6.10 Å². The van der Waals surface area contributed by atoms with Crippen LogP contribution in [0, 0.1) is 0 Å². The second-order valence-electron chi connectivity index (χ2n) is 5.51. The molecule has 21 heavy (non-hydrogen) atoms. The van der Waals surface area contributed by atoms with Gasteiger partial charge in [0.25, 0.3) is 0 Å². The van der Waals surface area contributed by atoms with Crippen LogP contribution in [0.4, 0.5) is 5.69 Å². The zero-order valence-electron chi connectivity index (χ0n) is 12.1. The molecule has 4 nitrogen and oxygen atoms in total. The van der Waals surface area contributed by atoms with Crippen LogP contribution in [-0.2, 0) is 11.3 Å². The van der Waals surface area contributed by atoms with Crippen molar-refractivity contribution in [3.8, 4) is 0 Å². The molecule has 2 aromatic rings. The minimum atomic E-state index is 0.239. The Morgan fingerprint density at radius 2 is 2.43 bits per heavy atom. The molecule has 2 atom stereocenters. The van der Waals surface area contributed by atoms with E-state index in [-0.39, 0.29) is 6.04 Å². The monoisotopic (exact) mass is 349 g/mol. The van der Waals surface area contributed by atoms with E-state index in [2.05, 4.69) is 57.7 Å². The van der Waals surface area contributed by atoms with Crippen molar-refractivity contribution in [2.75, 3.05) is 11.9 Å². The summed E-state index contributed by atoms with van der Waals surface area (Å²) in [5, 5.41) is 7.89. The molecule has 1 aliphatic heterocycles. The molecule has 1 saturated heterocycles. The van der Waals surface area contributed by atoms with E-state index < -0.39 is 0 Å². The normalized spacial score (nSPS) is 19.6. The molecule has 5 heteroatoms. The van der Waals surface area contributed by atoms with Gasteiger partial charge in [-0.15, -0.1) is 0 Å². The van der Waals surface area contributed by atoms with Gasteiger partial charge in [-0.3, -0.25) is 4.68 Å². The lowest BCUT2D eigenvalue weighted by Gasteiger charge is -2.14. The van der Waals surface area contributed by atoms with Gasteiger partial charge in [-0.1, -0.05) is 28.1 Å². The van der Waals surface area contributed by atoms with Crippen molar-refractivity contribution in [3.05, 3.63) is 46.7 Å². The molecule has 1 aromatic carbocycles. The maximum Gasteiger partial charge on any atom is 0.0771 e. The average molecular weight is 350 g/mol. The Morgan fingerprint density at radius 1 is 1.52 bits per heavy atom. The summed E-state index contributed by atoms with van der Waals surface area (Å²) in [5.41, 5.74) is 2.29. The first-order valence-corrected chi connectivity index (χ1v) is 8.16. The topological polar surface area (TPSA) is 39.1 Å². The van der Waals surface area contributed by atoms with Crippen LogP contribution in [0.15, 0.2) is 41.1 Å². The fourth-order valence-electron chi connectivity index (χ4n) is 2.64. The molecule has 1 fully saturated rings. The third kappa shape index (κ3) is 3.86. The van der Waals surface area contributed by atoms with E-state index in [9.17, 15) is 0 Å². The van der Waals surface area contributed by atoms with Crippen LogP contribution in [0.2, 0.25) is 0 Å². The van der Waals surface area contributed by atoms with E-state index in [0.717, 1.165) is 36.2 Å². The SMILES string of the molecule is CC(Nc1cnn(CC2CCCO2)c1)c1cccc(Br)c1. The van der Waals surface area contributed by atoms with Crippen LogP contribution < -0.4 is 5.32 Å². The van der Waals surface area contributed by atoms with Crippen molar-refractivity contribution in [1.82, 2.24) is 9.78 Å². The van der Waals surface area contributed by atoms with Crippen molar-refractivity contribution < 1.29 is 4.74 Å². The van der Waals surface area contributed by atoms with Gasteiger partial charge in [0.2, 0.25) is 0 Å². The van der Waals surface area contributed by atoms with Crippen molar-refractivity contribution >= 4 is 21.6 Å². The summed E-state index contributed by atoms with van der Waals surface area (Å²) < 4.78 is 8.71. The minimum Gasteiger partial charge on any atom is -0.376 e. The Balaban J connectivity index is 1.61. The van der Waals surface area contributed by atoms with Gasteiger partial charge in [-0.05, 0) is 37.5 Å². The van der Waals surface area contributed by atoms with E-state index in [1.807, 2.05) is 16.9 Å². The molecule has 3 rings (SSSR count). The van der Waals surface area contributed by atoms with Gasteiger partial charge in [0.1, 0.15) is 0 Å². The Labute approximate surface area is 133 Å². The van der Waals surface area contributed by atoms with Crippen molar-refractivity contribution in [2.24, 2.45) is 0 Å². The highest BCUT2D eigenvalue weighted by atomic mass is 79.9. The number of rotatable bonds is 5. The molecule has 112 valence electrons. The lowest BCUT2D eigenvalue weighted by Crippen LogP contribution is -2.15. The van der Waals surface area contributed by atoms with E-state index in [1.54, 1.807) is 0 Å². The van der Waals surface area contributed by atoms with Crippen molar-refractivity contribution in [1.29, 1.82) is 0 Å². The fourth-order valence-corrected chi connectivity index (χ4v) is 3.06. The Kier molecular flexibility index (Phi) is 4.60. The highest BCUT2D eigenvalue weighted by Crippen LogP contribution is 2.22. The highest BCUT2D eigenvalue weighted by Gasteiger charge is 2.16. The van der Waals surface area contributed by atoms with Crippen LogP contribution in [0.3, 0.4) is 0 Å². The van der Waals surface area contributed by atoms with Gasteiger partial charge in [0.15, 0.2) is 0 Å². The number of aromatic nitrogens is 2. The first-order chi connectivity index (χ1) is 10.2. The third-order valence-corrected chi connectivity index (χ3v) is 4.27. The zero-order valence-corrected chi connectivity index (χ0v) is 13.7. The summed E-state index contributed by atoms with van der Waals surface area (Å²) in [5.74, 6) is 0. The second kappa shape index (κ2) is 6.62. The zero-order chi connectivity index (χ0) is 14.7. The van der Waals surface area contributed by atoms with Gasteiger partial charge >= 0.3 is 0 Å². The predicted molar refractivity (Wildman–Crippen MR) is 87.4 cm³/mol. The number of hydrogen-bond acceptors (Lipinski definition) is 3. The molecule has 1 aromatic heterocycles. The molecule has 2 unspecified atom stereocenters. The average Bonchev–Trinajstić information content (AvgIpc) is 3.11. The van der Waals surface area contributed by atoms with E-state index in [1.165, 1.54) is 5.56 Å². The maximum absolute atomic E-state index is 5.64. The van der Waals surface area contributed by atoms with E-state index in [4.69, 9.17) is 4.74 Å². The standard InChI is InChI=1S/C16H20BrN3O/c1-12(13-4-2-5-14(17)8-13)19-15-9-18-20(10-15)11-16-6-3-7-21-16/h2,4-5,8-10,12,16,19H,3,6-7,11H2,1H3. The quantitative estimate of drug-likeness (QED) is 0.886. The molecule has 0 bridgehead atoms. The molecule has 2 heterocycles. The molecular weight excluding hydrogens is 330 g/mol. The largest absolute Gasteiger partial charge is 0.376 e. The number of hydrogen-bond donors (Lipinski definition) is 1. The smallest absolute Gasteiger partial charge is 0.0771 e. The molecule has 0 spiro atoms. The van der Waals surface area contributed by atoms with Crippen LogP contribution in [0.5, 0.6) is 0 Å². The van der Waals surface area contributed by atoms with Crippen LogP contribution in [0.1, 0.15) is 31.4 Å². The van der Waals surface area contributed by atoms with Crippen LogP contribution >= 0.6 is 15.9 Å². The molecule has 1 aliphatic rings. The maximum atomic E-state index is 5.64. The number of nitrogens with one attached hydrogen (secondary N) is 1. The van der Waals surface area contributed by atoms with Crippen molar-refractivity contribution in [2.45, 2.75) is 38.5 Å². The van der Waals surface area contributed by atoms with Gasteiger partial charge < -0.3 is 10.1 Å². The predicted octanol–water partition coefficient (Wildman–Crippen LogP) is 4.00. The molecular formula is C16H20BrN3O. The first-order valence-electron chi connectivity index (χ1n) is 7.37. The van der Waals surface area contributed by atoms with Gasteiger partial charge in [0, 0.05) is 23.3 Å². The molecule has 0 aliphatic carbocycles. The highest BCUT2D eigenvalue weighted by molar-refractivity contribution is 9.10. The Bertz CT molecular complexity index is 593. The van der Waals surface area contributed by atoms with Crippen LogP contribution in [0.25, 0.3) is 0 Å². The number of benzene rings is 1. The third-order valence-electron chi connectivity index (χ3n) is 3.78. The van der Waals surface area contributed by atoms with E-state index >= 15 is 0 Å². The summed E-state index contributed by atoms with van der Waals surface area (Å²) >= 11 is 3.51. The second-order valence-corrected chi connectivity index (χ2v) is 6.42. The summed E-state index contributed by atoms with van der Waals surface area (Å²) in [7, 11) is 0. The van der Waals surface area contributed by atoms with Gasteiger partial charge in [-0.25, -0.2) is 0 Å². The summed E-state index contributed by atoms with van der Waals surface area (Å²) in [6.07, 6.45) is 6.55. The van der Waals surface area contributed by atoms with Crippen molar-refractivity contribution in [3.63, 3.8) is 0 Å². The Hall–Kier alpha value is -1.33. The summed E-state index contributed by atoms with van der Waals surface area (Å²) in [4.78, 5) is 0. The van der Waals surface area contributed by atoms with Gasteiger partial charge in [-0.2, -0.15) is 5.10 Å². The summed E-state index contributed by atoms with van der Waals surface area (Å²) in [6.45, 7) is 3.88. The lowest BCUT2D eigenvalue weighted by atomic mass is 10.1. The first kappa shape index (κ1) is 14.6. The molecule has 0 amide bonds. The summed E-state index contributed by atoms with van der Waals surface area (Å²) in [6, 6.07) is 8.59. The molecule has 1 N–H and O–H groups in total. The Morgan fingerprint density at radius 3 is 3.19 bits per heavy atom. The number of ether oxygens (including phenoxy) is 1. The number of anilines is 1. The van der Waals surface area contributed by atoms with Gasteiger partial charge in [0.05, 0.1) is 24.5 Å².